The second-order valence-corrected chi connectivity index (χ2v) is 6.01. The van der Waals surface area contributed by atoms with Gasteiger partial charge in [0.25, 0.3) is 0 Å². The van der Waals surface area contributed by atoms with Gasteiger partial charge in [0.05, 0.1) is 6.04 Å². The molecule has 0 aromatic carbocycles. The summed E-state index contributed by atoms with van der Waals surface area (Å²) < 4.78 is 0. The van der Waals surface area contributed by atoms with Crippen LogP contribution in [0.5, 0.6) is 0 Å². The molecule has 1 saturated heterocycles. The van der Waals surface area contributed by atoms with Crippen LogP contribution in [0.1, 0.15) is 52.4 Å². The molecule has 3 unspecified atom stereocenters. The molecule has 0 aromatic rings. The second kappa shape index (κ2) is 5.85. The maximum absolute atomic E-state index is 12.1. The minimum absolute atomic E-state index is 0.0651. The summed E-state index contributed by atoms with van der Waals surface area (Å²) in [5.74, 6) is 1.69. The third kappa shape index (κ3) is 3.44. The number of rotatable bonds is 2. The molecule has 0 spiro atoms. The number of nitrogens with one attached hydrogen (secondary N) is 2. The van der Waals surface area contributed by atoms with E-state index in [1.165, 1.54) is 25.7 Å². The van der Waals surface area contributed by atoms with E-state index in [0.717, 1.165) is 25.3 Å². The maximum Gasteiger partial charge on any atom is 0.237 e. The normalized spacial score (nSPS) is 38.7. The Morgan fingerprint density at radius 1 is 1.18 bits per heavy atom. The van der Waals surface area contributed by atoms with Crippen LogP contribution >= 0.6 is 0 Å². The van der Waals surface area contributed by atoms with E-state index in [1.807, 2.05) is 0 Å². The van der Waals surface area contributed by atoms with E-state index in [4.69, 9.17) is 0 Å². The summed E-state index contributed by atoms with van der Waals surface area (Å²) >= 11 is 0. The average molecular weight is 238 g/mol. The van der Waals surface area contributed by atoms with Crippen molar-refractivity contribution in [3.63, 3.8) is 0 Å². The fourth-order valence-electron chi connectivity index (χ4n) is 3.24. The van der Waals surface area contributed by atoms with E-state index >= 15 is 0 Å². The van der Waals surface area contributed by atoms with Crippen LogP contribution in [0.15, 0.2) is 0 Å². The van der Waals surface area contributed by atoms with Gasteiger partial charge in [-0.3, -0.25) is 4.79 Å². The van der Waals surface area contributed by atoms with Gasteiger partial charge < -0.3 is 10.6 Å². The first-order chi connectivity index (χ1) is 8.16. The predicted molar refractivity (Wildman–Crippen MR) is 69.8 cm³/mol. The molecule has 17 heavy (non-hydrogen) atoms. The van der Waals surface area contributed by atoms with E-state index in [2.05, 4.69) is 24.5 Å². The zero-order valence-electron chi connectivity index (χ0n) is 11.2. The topological polar surface area (TPSA) is 41.1 Å². The molecule has 0 aromatic heterocycles. The van der Waals surface area contributed by atoms with Gasteiger partial charge in [0.1, 0.15) is 0 Å². The molecule has 2 fully saturated rings. The Kier molecular flexibility index (Phi) is 4.43. The van der Waals surface area contributed by atoms with Crippen LogP contribution in [0.25, 0.3) is 0 Å². The minimum atomic E-state index is 0.0651. The van der Waals surface area contributed by atoms with Crippen molar-refractivity contribution in [1.82, 2.24) is 10.6 Å². The Bertz CT molecular complexity index is 261. The van der Waals surface area contributed by atoms with Gasteiger partial charge in [-0.15, -0.1) is 0 Å². The van der Waals surface area contributed by atoms with Gasteiger partial charge in [-0.05, 0) is 50.5 Å². The standard InChI is InChI=1S/C14H26N2O/c1-10-6-7-12(11(2)9-10)16-14(17)13-5-3-4-8-15-13/h10-13,15H,3-9H2,1-2H3,(H,16,17)/t10?,11?,12?,13-/m1/s1. The lowest BCUT2D eigenvalue weighted by molar-refractivity contribution is -0.125. The monoisotopic (exact) mass is 238 g/mol. The molecule has 2 aliphatic rings. The SMILES string of the molecule is CC1CCC(NC(=O)[C@H]2CCCCN2)C(C)C1. The fraction of sp³-hybridized carbons (Fsp3) is 0.929. The highest BCUT2D eigenvalue weighted by molar-refractivity contribution is 5.82. The highest BCUT2D eigenvalue weighted by atomic mass is 16.2. The molecule has 1 amide bonds. The molecule has 0 radical (unpaired) electrons. The molecule has 1 aliphatic heterocycles. The number of carbonyl (C=O) groups excluding carboxylic acids is 1. The van der Waals surface area contributed by atoms with Crippen LogP contribution in [0.3, 0.4) is 0 Å². The average Bonchev–Trinajstić information content (AvgIpc) is 2.34. The number of hydrogen-bond acceptors (Lipinski definition) is 2. The minimum Gasteiger partial charge on any atom is -0.352 e. The summed E-state index contributed by atoms with van der Waals surface area (Å²) in [4.78, 5) is 12.1. The molecule has 3 heteroatoms. The zero-order valence-corrected chi connectivity index (χ0v) is 11.2. The first-order valence-electron chi connectivity index (χ1n) is 7.20. The van der Waals surface area contributed by atoms with Crippen molar-refractivity contribution in [1.29, 1.82) is 0 Å². The van der Waals surface area contributed by atoms with Gasteiger partial charge in [-0.25, -0.2) is 0 Å². The second-order valence-electron chi connectivity index (χ2n) is 6.01. The van der Waals surface area contributed by atoms with Crippen LogP contribution in [0, 0.1) is 11.8 Å². The Balaban J connectivity index is 1.81. The third-order valence-electron chi connectivity index (χ3n) is 4.39. The number of hydrogen-bond donors (Lipinski definition) is 2. The van der Waals surface area contributed by atoms with Gasteiger partial charge in [0.15, 0.2) is 0 Å². The molecular formula is C14H26N2O. The largest absolute Gasteiger partial charge is 0.352 e. The maximum atomic E-state index is 12.1. The Morgan fingerprint density at radius 3 is 2.65 bits per heavy atom. The van der Waals surface area contributed by atoms with Crippen LogP contribution in [-0.2, 0) is 4.79 Å². The molecular weight excluding hydrogens is 212 g/mol. The molecule has 3 nitrogen and oxygen atoms in total. The molecule has 4 atom stereocenters. The molecule has 1 heterocycles. The van der Waals surface area contributed by atoms with Crippen LogP contribution < -0.4 is 10.6 Å². The Hall–Kier alpha value is -0.570. The molecule has 2 N–H and O–H groups in total. The van der Waals surface area contributed by atoms with E-state index in [1.54, 1.807) is 0 Å². The van der Waals surface area contributed by atoms with Crippen molar-refractivity contribution in [2.45, 2.75) is 64.5 Å². The van der Waals surface area contributed by atoms with Crippen LogP contribution in [0.2, 0.25) is 0 Å². The van der Waals surface area contributed by atoms with Gasteiger partial charge in [-0.1, -0.05) is 20.3 Å². The van der Waals surface area contributed by atoms with Crippen molar-refractivity contribution in [3.05, 3.63) is 0 Å². The quantitative estimate of drug-likeness (QED) is 0.773. The molecule has 98 valence electrons. The third-order valence-corrected chi connectivity index (χ3v) is 4.39. The summed E-state index contributed by atoms with van der Waals surface area (Å²) in [5.41, 5.74) is 0. The molecule has 0 bridgehead atoms. The molecule has 1 saturated carbocycles. The van der Waals surface area contributed by atoms with Gasteiger partial charge in [0, 0.05) is 6.04 Å². The lowest BCUT2D eigenvalue weighted by Gasteiger charge is -2.34. The van der Waals surface area contributed by atoms with Crippen molar-refractivity contribution in [2.24, 2.45) is 11.8 Å². The summed E-state index contributed by atoms with van der Waals surface area (Å²) in [7, 11) is 0. The summed E-state index contributed by atoms with van der Waals surface area (Å²) in [6.07, 6.45) is 7.06. The van der Waals surface area contributed by atoms with Gasteiger partial charge >= 0.3 is 0 Å². The predicted octanol–water partition coefficient (Wildman–Crippen LogP) is 2.07. The van der Waals surface area contributed by atoms with E-state index in [0.29, 0.717) is 12.0 Å². The highest BCUT2D eigenvalue weighted by Gasteiger charge is 2.29. The first-order valence-corrected chi connectivity index (χ1v) is 7.20. The lowest BCUT2D eigenvalue weighted by atomic mass is 9.80. The van der Waals surface area contributed by atoms with Crippen molar-refractivity contribution >= 4 is 5.91 Å². The van der Waals surface area contributed by atoms with Crippen molar-refractivity contribution in [3.8, 4) is 0 Å². The summed E-state index contributed by atoms with van der Waals surface area (Å²) in [6.45, 7) is 5.58. The highest BCUT2D eigenvalue weighted by Crippen LogP contribution is 2.28. The number of carbonyl (C=O) groups is 1. The van der Waals surface area contributed by atoms with E-state index in [-0.39, 0.29) is 11.9 Å². The molecule has 2 rings (SSSR count). The van der Waals surface area contributed by atoms with Gasteiger partial charge in [-0.2, -0.15) is 0 Å². The van der Waals surface area contributed by atoms with Crippen molar-refractivity contribution in [2.75, 3.05) is 6.54 Å². The fourth-order valence-corrected chi connectivity index (χ4v) is 3.24. The molecule has 1 aliphatic carbocycles. The smallest absolute Gasteiger partial charge is 0.237 e. The van der Waals surface area contributed by atoms with Crippen LogP contribution in [0.4, 0.5) is 0 Å². The van der Waals surface area contributed by atoms with Crippen LogP contribution in [-0.4, -0.2) is 24.5 Å². The Morgan fingerprint density at radius 2 is 2.00 bits per heavy atom. The Labute approximate surface area is 105 Å². The van der Waals surface area contributed by atoms with Crippen molar-refractivity contribution < 1.29 is 4.79 Å². The number of amides is 1. The van der Waals surface area contributed by atoms with Gasteiger partial charge in [0.2, 0.25) is 5.91 Å². The number of piperidine rings is 1. The zero-order chi connectivity index (χ0) is 12.3. The lowest BCUT2D eigenvalue weighted by Crippen LogP contribution is -2.51. The first kappa shape index (κ1) is 12.9. The summed E-state index contributed by atoms with van der Waals surface area (Å²) in [6, 6.07) is 0.470. The van der Waals surface area contributed by atoms with E-state index < -0.39 is 0 Å². The van der Waals surface area contributed by atoms with E-state index in [9.17, 15) is 4.79 Å². The summed E-state index contributed by atoms with van der Waals surface area (Å²) in [5, 5.41) is 6.58.